The van der Waals surface area contributed by atoms with E-state index in [9.17, 15) is 9.90 Å². The Kier molecular flexibility index (Phi) is 4.55. The summed E-state index contributed by atoms with van der Waals surface area (Å²) in [6.07, 6.45) is 4.48. The summed E-state index contributed by atoms with van der Waals surface area (Å²) in [5, 5.41) is 11.6. The van der Waals surface area contributed by atoms with Gasteiger partial charge < -0.3 is 9.90 Å². The number of carbonyl (C=O) groups excluding carboxylic acids is 1. The lowest BCUT2D eigenvalue weighted by Crippen LogP contribution is -2.42. The van der Waals surface area contributed by atoms with E-state index in [0.29, 0.717) is 0 Å². The SMILES string of the molecule is CCC1=CC(C(=O)[O-])C(Br)(c2ccccc2C)C=C1Br. The van der Waals surface area contributed by atoms with Gasteiger partial charge in [0.2, 0.25) is 0 Å². The third-order valence-corrected chi connectivity index (χ3v) is 5.54. The fourth-order valence-corrected chi connectivity index (χ4v) is 4.62. The number of carbonyl (C=O) groups is 1. The molecule has 0 saturated carbocycles. The van der Waals surface area contributed by atoms with Crippen molar-refractivity contribution in [1.82, 2.24) is 0 Å². The van der Waals surface area contributed by atoms with Gasteiger partial charge in [-0.15, -0.1) is 0 Å². The normalized spacial score (nSPS) is 25.9. The lowest BCUT2D eigenvalue weighted by Gasteiger charge is -2.37. The molecule has 106 valence electrons. The Morgan fingerprint density at radius 3 is 2.60 bits per heavy atom. The smallest absolute Gasteiger partial charge is 0.0817 e. The highest BCUT2D eigenvalue weighted by Gasteiger charge is 2.39. The maximum atomic E-state index is 11.6. The van der Waals surface area contributed by atoms with Crippen molar-refractivity contribution in [2.75, 3.05) is 0 Å². The van der Waals surface area contributed by atoms with E-state index < -0.39 is 16.2 Å². The second-order valence-electron chi connectivity index (χ2n) is 4.92. The summed E-state index contributed by atoms with van der Waals surface area (Å²) in [5.41, 5.74) is 2.97. The van der Waals surface area contributed by atoms with Crippen molar-refractivity contribution in [2.24, 2.45) is 5.92 Å². The Hall–Kier alpha value is -0.870. The van der Waals surface area contributed by atoms with Gasteiger partial charge in [-0.1, -0.05) is 69.1 Å². The largest absolute Gasteiger partial charge is 0.549 e. The van der Waals surface area contributed by atoms with Crippen molar-refractivity contribution in [3.05, 3.63) is 57.6 Å². The molecule has 1 aromatic rings. The lowest BCUT2D eigenvalue weighted by atomic mass is 9.79. The Morgan fingerprint density at radius 2 is 2.05 bits per heavy atom. The Morgan fingerprint density at radius 1 is 1.40 bits per heavy atom. The second kappa shape index (κ2) is 5.86. The van der Waals surface area contributed by atoms with E-state index in [1.165, 1.54) is 0 Å². The quantitative estimate of drug-likeness (QED) is 0.730. The van der Waals surface area contributed by atoms with Gasteiger partial charge in [0.15, 0.2) is 0 Å². The van der Waals surface area contributed by atoms with Gasteiger partial charge in [0, 0.05) is 10.4 Å². The molecule has 0 spiro atoms. The molecule has 1 aromatic carbocycles. The van der Waals surface area contributed by atoms with Crippen LogP contribution in [0.1, 0.15) is 24.5 Å². The molecule has 2 atom stereocenters. The third-order valence-electron chi connectivity index (χ3n) is 3.66. The van der Waals surface area contributed by atoms with E-state index in [4.69, 9.17) is 0 Å². The van der Waals surface area contributed by atoms with E-state index in [-0.39, 0.29) is 0 Å². The molecule has 0 saturated heterocycles. The first-order valence-electron chi connectivity index (χ1n) is 6.45. The zero-order valence-electron chi connectivity index (χ0n) is 11.3. The van der Waals surface area contributed by atoms with Gasteiger partial charge in [0.25, 0.3) is 0 Å². The predicted octanol–water partition coefficient (Wildman–Crippen LogP) is 3.58. The van der Waals surface area contributed by atoms with E-state index in [1.807, 2.05) is 44.2 Å². The van der Waals surface area contributed by atoms with Crippen molar-refractivity contribution in [1.29, 1.82) is 0 Å². The summed E-state index contributed by atoms with van der Waals surface area (Å²) >= 11 is 7.19. The van der Waals surface area contributed by atoms with Crippen molar-refractivity contribution < 1.29 is 9.90 Å². The third kappa shape index (κ3) is 2.63. The second-order valence-corrected chi connectivity index (χ2v) is 7.08. The lowest BCUT2D eigenvalue weighted by molar-refractivity contribution is -0.310. The highest BCUT2D eigenvalue weighted by molar-refractivity contribution is 9.12. The average molecular weight is 399 g/mol. The van der Waals surface area contributed by atoms with Crippen LogP contribution in [0.15, 0.2) is 46.5 Å². The molecule has 0 bridgehead atoms. The molecule has 20 heavy (non-hydrogen) atoms. The molecule has 4 heteroatoms. The number of aryl methyl sites for hydroxylation is 1. The first kappa shape index (κ1) is 15.5. The zero-order valence-corrected chi connectivity index (χ0v) is 14.5. The van der Waals surface area contributed by atoms with Crippen LogP contribution in [0, 0.1) is 12.8 Å². The zero-order chi connectivity index (χ0) is 14.9. The molecule has 0 fully saturated rings. The maximum absolute atomic E-state index is 11.6. The molecule has 0 heterocycles. The average Bonchev–Trinajstić information content (AvgIpc) is 2.38. The standard InChI is InChI=1S/C16H16Br2O2/c1-3-11-8-13(15(19)20)16(18,9-14(11)17)12-7-5-4-6-10(12)2/h4-9,13H,3H2,1-2H3,(H,19,20)/p-1. The Labute approximate surface area is 135 Å². The summed E-state index contributed by atoms with van der Waals surface area (Å²) in [5.74, 6) is -1.81. The Balaban J connectivity index is 2.62. The molecule has 2 nitrogen and oxygen atoms in total. The summed E-state index contributed by atoms with van der Waals surface area (Å²) in [4.78, 5) is 11.6. The fourth-order valence-electron chi connectivity index (χ4n) is 2.54. The summed E-state index contributed by atoms with van der Waals surface area (Å²) in [7, 11) is 0. The van der Waals surface area contributed by atoms with Crippen LogP contribution in [0.25, 0.3) is 0 Å². The van der Waals surface area contributed by atoms with E-state index in [1.54, 1.807) is 6.08 Å². The fraction of sp³-hybridized carbons (Fsp3) is 0.312. The van der Waals surface area contributed by atoms with Gasteiger partial charge in [-0.3, -0.25) is 0 Å². The monoisotopic (exact) mass is 397 g/mol. The minimum absolute atomic E-state index is 0.736. The molecule has 0 amide bonds. The van der Waals surface area contributed by atoms with Crippen molar-refractivity contribution in [2.45, 2.75) is 24.6 Å². The topological polar surface area (TPSA) is 40.1 Å². The number of carboxylic acid groups (broad SMARTS) is 1. The molecule has 2 unspecified atom stereocenters. The van der Waals surface area contributed by atoms with Crippen LogP contribution in [0.4, 0.5) is 0 Å². The minimum atomic E-state index is -1.08. The number of rotatable bonds is 3. The van der Waals surface area contributed by atoms with Gasteiger partial charge in [-0.05, 0) is 36.1 Å². The van der Waals surface area contributed by atoms with E-state index >= 15 is 0 Å². The van der Waals surface area contributed by atoms with E-state index in [0.717, 1.165) is 27.6 Å². The highest BCUT2D eigenvalue weighted by atomic mass is 79.9. The van der Waals surface area contributed by atoms with Crippen LogP contribution in [-0.2, 0) is 9.12 Å². The molecule has 0 aromatic heterocycles. The number of aliphatic carboxylic acids is 1. The highest BCUT2D eigenvalue weighted by Crippen LogP contribution is 2.48. The van der Waals surface area contributed by atoms with Gasteiger partial charge >= 0.3 is 0 Å². The Bertz CT molecular complexity index is 604. The van der Waals surface area contributed by atoms with Crippen LogP contribution in [0.2, 0.25) is 0 Å². The van der Waals surface area contributed by atoms with Crippen LogP contribution in [0.3, 0.4) is 0 Å². The van der Waals surface area contributed by atoms with Gasteiger partial charge in [-0.2, -0.15) is 0 Å². The number of hydrogen-bond donors (Lipinski definition) is 0. The predicted molar refractivity (Wildman–Crippen MR) is 85.7 cm³/mol. The van der Waals surface area contributed by atoms with Gasteiger partial charge in [-0.25, -0.2) is 0 Å². The maximum Gasteiger partial charge on any atom is 0.0817 e. The van der Waals surface area contributed by atoms with Crippen LogP contribution in [-0.4, -0.2) is 5.97 Å². The number of benzene rings is 1. The van der Waals surface area contributed by atoms with Crippen LogP contribution >= 0.6 is 31.9 Å². The summed E-state index contributed by atoms with van der Waals surface area (Å²) in [6.45, 7) is 3.98. The number of carboxylic acids is 1. The van der Waals surface area contributed by atoms with E-state index in [2.05, 4.69) is 31.9 Å². The first-order valence-corrected chi connectivity index (χ1v) is 8.04. The molecule has 0 aliphatic heterocycles. The number of hydrogen-bond acceptors (Lipinski definition) is 2. The van der Waals surface area contributed by atoms with Crippen LogP contribution in [0.5, 0.6) is 0 Å². The van der Waals surface area contributed by atoms with Gasteiger partial charge in [0.1, 0.15) is 0 Å². The molecule has 1 aliphatic rings. The van der Waals surface area contributed by atoms with Crippen molar-refractivity contribution in [3.8, 4) is 0 Å². The van der Waals surface area contributed by atoms with Crippen LogP contribution < -0.4 is 5.11 Å². The molecular weight excluding hydrogens is 384 g/mol. The van der Waals surface area contributed by atoms with Crippen molar-refractivity contribution in [3.63, 3.8) is 0 Å². The number of allylic oxidation sites excluding steroid dienone is 3. The molecule has 0 N–H and O–H groups in total. The minimum Gasteiger partial charge on any atom is -0.549 e. The summed E-state index contributed by atoms with van der Waals surface area (Å²) in [6, 6.07) is 7.78. The number of alkyl halides is 1. The van der Waals surface area contributed by atoms with Crippen molar-refractivity contribution >= 4 is 37.8 Å². The van der Waals surface area contributed by atoms with Gasteiger partial charge in [0.05, 0.1) is 10.3 Å². The molecule has 0 radical (unpaired) electrons. The molecule has 2 rings (SSSR count). The number of halogens is 2. The summed E-state index contributed by atoms with van der Waals surface area (Å²) < 4.78 is 0.145. The molecule has 1 aliphatic carbocycles. The molecular formula is C16H15Br2O2-. The first-order chi connectivity index (χ1) is 9.40.